The molecule has 132 valence electrons. The number of amides is 1. The van der Waals surface area contributed by atoms with Crippen LogP contribution in [-0.4, -0.2) is 43.3 Å². The molecule has 1 aliphatic heterocycles. The van der Waals surface area contributed by atoms with Gasteiger partial charge in [0.1, 0.15) is 0 Å². The van der Waals surface area contributed by atoms with Gasteiger partial charge in [-0.25, -0.2) is 12.7 Å². The summed E-state index contributed by atoms with van der Waals surface area (Å²) < 4.78 is 25.8. The van der Waals surface area contributed by atoms with Crippen molar-refractivity contribution in [3.8, 4) is 0 Å². The van der Waals surface area contributed by atoms with Crippen LogP contribution in [0.2, 0.25) is 0 Å². The predicted molar refractivity (Wildman–Crippen MR) is 93.5 cm³/mol. The summed E-state index contributed by atoms with van der Waals surface area (Å²) in [7, 11) is -3.28. The lowest BCUT2D eigenvalue weighted by atomic mass is 9.98. The number of benzene rings is 1. The third-order valence-corrected chi connectivity index (χ3v) is 6.19. The van der Waals surface area contributed by atoms with Crippen LogP contribution < -0.4 is 5.32 Å². The van der Waals surface area contributed by atoms with Crippen LogP contribution in [0.4, 0.5) is 5.69 Å². The van der Waals surface area contributed by atoms with E-state index in [2.05, 4.69) is 5.32 Å². The van der Waals surface area contributed by atoms with Gasteiger partial charge in [0, 0.05) is 24.3 Å². The van der Waals surface area contributed by atoms with Crippen molar-refractivity contribution in [3.63, 3.8) is 0 Å². The molecule has 1 fully saturated rings. The van der Waals surface area contributed by atoms with E-state index in [0.717, 1.165) is 0 Å². The van der Waals surface area contributed by atoms with Crippen LogP contribution >= 0.6 is 0 Å². The highest BCUT2D eigenvalue weighted by Gasteiger charge is 2.31. The second-order valence-corrected chi connectivity index (χ2v) is 8.23. The van der Waals surface area contributed by atoms with Crippen molar-refractivity contribution in [1.29, 1.82) is 0 Å². The molecule has 0 aromatic heterocycles. The second kappa shape index (κ2) is 7.90. The summed E-state index contributed by atoms with van der Waals surface area (Å²) >= 11 is 0. The van der Waals surface area contributed by atoms with E-state index >= 15 is 0 Å². The lowest BCUT2D eigenvalue weighted by molar-refractivity contribution is -0.120. The Balaban J connectivity index is 2.04. The normalized spacial score (nSPS) is 19.0. The van der Waals surface area contributed by atoms with Gasteiger partial charge in [-0.2, -0.15) is 0 Å². The summed E-state index contributed by atoms with van der Waals surface area (Å²) in [5, 5.41) is 2.80. The minimum absolute atomic E-state index is 0.0689. The molecular weight excluding hydrogens is 328 g/mol. The van der Waals surface area contributed by atoms with Crippen molar-refractivity contribution in [3.05, 3.63) is 29.8 Å². The number of hydrogen-bond donors (Lipinski definition) is 1. The highest BCUT2D eigenvalue weighted by atomic mass is 32.2. The maximum absolute atomic E-state index is 12.5. The number of carbonyl (C=O) groups excluding carboxylic acids is 2. The zero-order valence-corrected chi connectivity index (χ0v) is 14.9. The summed E-state index contributed by atoms with van der Waals surface area (Å²) in [6.07, 6.45) is 1.90. The number of ketones is 1. The summed E-state index contributed by atoms with van der Waals surface area (Å²) in [5.74, 6) is -0.527. The summed E-state index contributed by atoms with van der Waals surface area (Å²) in [5.41, 5.74) is 1.09. The van der Waals surface area contributed by atoms with E-state index in [9.17, 15) is 18.0 Å². The molecule has 1 saturated heterocycles. The quantitative estimate of drug-likeness (QED) is 0.796. The van der Waals surface area contributed by atoms with Crippen LogP contribution in [0.15, 0.2) is 24.3 Å². The number of piperidine rings is 1. The molecule has 1 amide bonds. The van der Waals surface area contributed by atoms with Crippen molar-refractivity contribution in [2.45, 2.75) is 33.1 Å². The Bertz CT molecular complexity index is 715. The fourth-order valence-corrected chi connectivity index (χ4v) is 4.44. The number of sulfonamides is 1. The largest absolute Gasteiger partial charge is 0.326 e. The molecule has 24 heavy (non-hydrogen) atoms. The van der Waals surface area contributed by atoms with Gasteiger partial charge in [0.15, 0.2) is 5.78 Å². The molecule has 6 nitrogen and oxygen atoms in total. The lowest BCUT2D eigenvalue weighted by Gasteiger charge is -2.31. The van der Waals surface area contributed by atoms with Gasteiger partial charge in [0.05, 0.1) is 11.7 Å². The summed E-state index contributed by atoms with van der Waals surface area (Å²) in [6, 6.07) is 6.76. The number of rotatable bonds is 6. The molecule has 1 aliphatic rings. The Labute approximate surface area is 143 Å². The number of nitrogens with one attached hydrogen (secondary N) is 1. The zero-order valence-electron chi connectivity index (χ0n) is 14.1. The van der Waals surface area contributed by atoms with Crippen LogP contribution in [0.3, 0.4) is 0 Å². The average molecular weight is 352 g/mol. The van der Waals surface area contributed by atoms with Gasteiger partial charge in [0.25, 0.3) is 0 Å². The monoisotopic (exact) mass is 352 g/mol. The van der Waals surface area contributed by atoms with E-state index in [1.165, 1.54) is 11.2 Å². The van der Waals surface area contributed by atoms with E-state index in [1.807, 2.05) is 6.92 Å². The topological polar surface area (TPSA) is 83.6 Å². The SMILES string of the molecule is CCCS(=O)(=O)N1CCC[C@@H](C(=O)Nc2cccc(C(C)=O)c2)C1. The van der Waals surface area contributed by atoms with Crippen LogP contribution in [0.1, 0.15) is 43.5 Å². The predicted octanol–water partition coefficient (Wildman–Crippen LogP) is 2.28. The van der Waals surface area contributed by atoms with Gasteiger partial charge in [0.2, 0.25) is 15.9 Å². The maximum Gasteiger partial charge on any atom is 0.228 e. The smallest absolute Gasteiger partial charge is 0.228 e. The van der Waals surface area contributed by atoms with Crippen LogP contribution in [0, 0.1) is 5.92 Å². The van der Waals surface area contributed by atoms with Crippen LogP contribution in [-0.2, 0) is 14.8 Å². The highest BCUT2D eigenvalue weighted by molar-refractivity contribution is 7.89. The van der Waals surface area contributed by atoms with Gasteiger partial charge in [-0.05, 0) is 38.3 Å². The van der Waals surface area contributed by atoms with Gasteiger partial charge in [-0.15, -0.1) is 0 Å². The molecule has 0 radical (unpaired) electrons. The van der Waals surface area contributed by atoms with Crippen molar-refractivity contribution < 1.29 is 18.0 Å². The Hall–Kier alpha value is -1.73. The minimum atomic E-state index is -3.28. The molecule has 1 N–H and O–H groups in total. The molecule has 1 aromatic rings. The summed E-state index contributed by atoms with van der Waals surface area (Å²) in [4.78, 5) is 23.9. The van der Waals surface area contributed by atoms with Gasteiger partial charge >= 0.3 is 0 Å². The average Bonchev–Trinajstić information content (AvgIpc) is 2.55. The molecule has 1 atom stereocenters. The maximum atomic E-state index is 12.5. The van der Waals surface area contributed by atoms with Crippen molar-refractivity contribution in [2.75, 3.05) is 24.2 Å². The first-order chi connectivity index (χ1) is 11.3. The van der Waals surface area contributed by atoms with E-state index in [4.69, 9.17) is 0 Å². The molecule has 0 aliphatic carbocycles. The first kappa shape index (κ1) is 18.6. The highest BCUT2D eigenvalue weighted by Crippen LogP contribution is 2.22. The Morgan fingerprint density at radius 3 is 2.75 bits per heavy atom. The molecule has 2 rings (SSSR count). The Morgan fingerprint density at radius 1 is 1.33 bits per heavy atom. The van der Waals surface area contributed by atoms with Gasteiger partial charge in [-0.3, -0.25) is 9.59 Å². The Kier molecular flexibility index (Phi) is 6.12. The molecule has 1 heterocycles. The number of anilines is 1. The number of carbonyl (C=O) groups is 2. The molecular formula is C17H24N2O4S. The first-order valence-corrected chi connectivity index (χ1v) is 9.84. The third kappa shape index (κ3) is 4.64. The number of nitrogens with zero attached hydrogens (tertiary/aromatic N) is 1. The van der Waals surface area contributed by atoms with Crippen LogP contribution in [0.5, 0.6) is 0 Å². The van der Waals surface area contributed by atoms with Gasteiger partial charge in [-0.1, -0.05) is 19.1 Å². The summed E-state index contributed by atoms with van der Waals surface area (Å²) in [6.45, 7) is 4.00. The van der Waals surface area contributed by atoms with E-state index in [1.54, 1.807) is 24.3 Å². The first-order valence-electron chi connectivity index (χ1n) is 8.23. The molecule has 0 unspecified atom stereocenters. The molecule has 0 spiro atoms. The number of Topliss-reactive ketones (excluding diaryl/α,β-unsaturated/α-hetero) is 1. The number of hydrogen-bond acceptors (Lipinski definition) is 4. The van der Waals surface area contributed by atoms with Crippen molar-refractivity contribution >= 4 is 27.4 Å². The molecule has 7 heteroatoms. The van der Waals surface area contributed by atoms with Gasteiger partial charge < -0.3 is 5.32 Å². The second-order valence-electron chi connectivity index (χ2n) is 6.14. The molecule has 1 aromatic carbocycles. The van der Waals surface area contributed by atoms with Crippen molar-refractivity contribution in [1.82, 2.24) is 4.31 Å². The van der Waals surface area contributed by atoms with Crippen LogP contribution in [0.25, 0.3) is 0 Å². The standard InChI is InChI=1S/C17H24N2O4S/c1-3-10-24(22,23)19-9-5-7-15(12-19)17(21)18-16-8-4-6-14(11-16)13(2)20/h4,6,8,11,15H,3,5,7,9-10,12H2,1-2H3,(H,18,21)/t15-/m1/s1. The molecule has 0 bridgehead atoms. The van der Waals surface area contributed by atoms with E-state index in [0.29, 0.717) is 37.1 Å². The van der Waals surface area contributed by atoms with Crippen molar-refractivity contribution in [2.24, 2.45) is 5.92 Å². The molecule has 0 saturated carbocycles. The fourth-order valence-electron chi connectivity index (χ4n) is 2.86. The van der Waals surface area contributed by atoms with E-state index in [-0.39, 0.29) is 29.9 Å². The Morgan fingerprint density at radius 2 is 2.08 bits per heavy atom. The zero-order chi connectivity index (χ0) is 17.7. The fraction of sp³-hybridized carbons (Fsp3) is 0.529. The lowest BCUT2D eigenvalue weighted by Crippen LogP contribution is -2.44. The van der Waals surface area contributed by atoms with E-state index < -0.39 is 10.0 Å². The third-order valence-electron chi connectivity index (χ3n) is 4.15. The minimum Gasteiger partial charge on any atom is -0.326 e.